The Hall–Kier alpha value is -3.22. The molecule has 0 unspecified atom stereocenters. The van der Waals surface area contributed by atoms with Crippen LogP contribution >= 0.6 is 11.6 Å². The van der Waals surface area contributed by atoms with Crippen LogP contribution in [0.25, 0.3) is 10.9 Å². The van der Waals surface area contributed by atoms with Gasteiger partial charge in [-0.25, -0.2) is 20.0 Å². The Morgan fingerprint density at radius 2 is 1.93 bits per heavy atom. The van der Waals surface area contributed by atoms with Gasteiger partial charge in [0, 0.05) is 24.2 Å². The van der Waals surface area contributed by atoms with Crippen LogP contribution in [0.3, 0.4) is 0 Å². The molecular formula is C21H17ClN6. The molecule has 0 saturated heterocycles. The normalized spacial score (nSPS) is 13.3. The van der Waals surface area contributed by atoms with Crippen LogP contribution in [0, 0.1) is 0 Å². The maximum Gasteiger partial charge on any atom is 0.141 e. The zero-order chi connectivity index (χ0) is 18.9. The van der Waals surface area contributed by atoms with Gasteiger partial charge in [-0.05, 0) is 35.4 Å². The van der Waals surface area contributed by atoms with Crippen LogP contribution in [0.4, 0.5) is 17.2 Å². The average Bonchev–Trinajstić information content (AvgIpc) is 3.11. The van der Waals surface area contributed by atoms with E-state index in [9.17, 15) is 0 Å². The fraction of sp³-hybridized carbons (Fsp3) is 0.0952. The van der Waals surface area contributed by atoms with E-state index in [2.05, 4.69) is 67.1 Å². The van der Waals surface area contributed by atoms with Crippen LogP contribution in [0.2, 0.25) is 5.15 Å². The molecule has 0 spiro atoms. The van der Waals surface area contributed by atoms with Gasteiger partial charge in [0.25, 0.3) is 0 Å². The zero-order valence-corrected chi connectivity index (χ0v) is 15.7. The summed E-state index contributed by atoms with van der Waals surface area (Å²) in [5.41, 5.74) is 8.82. The summed E-state index contributed by atoms with van der Waals surface area (Å²) >= 11 is 6.04. The van der Waals surface area contributed by atoms with Crippen LogP contribution in [0.5, 0.6) is 0 Å². The maximum absolute atomic E-state index is 6.04. The van der Waals surface area contributed by atoms with Gasteiger partial charge in [-0.1, -0.05) is 41.9 Å². The number of hydrogen-bond acceptors (Lipinski definition) is 6. The van der Waals surface area contributed by atoms with E-state index in [-0.39, 0.29) is 0 Å². The lowest BCUT2D eigenvalue weighted by atomic mass is 10.1. The molecule has 28 heavy (non-hydrogen) atoms. The molecule has 3 heterocycles. The molecule has 0 amide bonds. The Balaban J connectivity index is 1.37. The topological polar surface area (TPSA) is 66.0 Å². The summed E-state index contributed by atoms with van der Waals surface area (Å²) in [4.78, 5) is 12.7. The molecule has 138 valence electrons. The zero-order valence-electron chi connectivity index (χ0n) is 14.9. The van der Waals surface area contributed by atoms with E-state index in [0.29, 0.717) is 11.0 Å². The van der Waals surface area contributed by atoms with Gasteiger partial charge < -0.3 is 10.7 Å². The molecule has 0 bridgehead atoms. The second-order valence-corrected chi connectivity index (χ2v) is 7.08. The molecule has 0 atom stereocenters. The minimum absolute atomic E-state index is 0.417. The van der Waals surface area contributed by atoms with E-state index < -0.39 is 0 Å². The first kappa shape index (κ1) is 16.9. The van der Waals surface area contributed by atoms with Crippen molar-refractivity contribution in [2.45, 2.75) is 13.1 Å². The number of halogens is 1. The van der Waals surface area contributed by atoms with E-state index in [1.165, 1.54) is 17.5 Å². The molecule has 7 heteroatoms. The van der Waals surface area contributed by atoms with E-state index in [1.807, 2.05) is 12.1 Å². The summed E-state index contributed by atoms with van der Waals surface area (Å²) < 4.78 is 0. The smallest absolute Gasteiger partial charge is 0.141 e. The molecule has 0 saturated carbocycles. The van der Waals surface area contributed by atoms with E-state index in [4.69, 9.17) is 11.6 Å². The summed E-state index contributed by atoms with van der Waals surface area (Å²) in [5.74, 6) is 0.710. The largest absolute Gasteiger partial charge is 0.340 e. The molecule has 6 nitrogen and oxygen atoms in total. The van der Waals surface area contributed by atoms with Crippen molar-refractivity contribution in [3.63, 3.8) is 0 Å². The van der Waals surface area contributed by atoms with Crippen molar-refractivity contribution in [2.24, 2.45) is 0 Å². The number of nitrogens with one attached hydrogen (secondary N) is 2. The summed E-state index contributed by atoms with van der Waals surface area (Å²) in [6, 6.07) is 18.5. The van der Waals surface area contributed by atoms with Gasteiger partial charge >= 0.3 is 0 Å². The second kappa shape index (κ2) is 7.07. The highest BCUT2D eigenvalue weighted by Crippen LogP contribution is 2.31. The van der Waals surface area contributed by atoms with E-state index in [1.54, 1.807) is 12.3 Å². The third-order valence-corrected chi connectivity index (χ3v) is 4.92. The van der Waals surface area contributed by atoms with E-state index >= 15 is 0 Å². The van der Waals surface area contributed by atoms with Crippen LogP contribution in [-0.2, 0) is 13.1 Å². The fourth-order valence-electron chi connectivity index (χ4n) is 3.40. The summed E-state index contributed by atoms with van der Waals surface area (Å²) in [7, 11) is 0. The molecule has 1 aliphatic heterocycles. The van der Waals surface area contributed by atoms with Crippen molar-refractivity contribution >= 4 is 39.7 Å². The van der Waals surface area contributed by atoms with Gasteiger partial charge in [0.15, 0.2) is 0 Å². The molecule has 0 fully saturated rings. The lowest BCUT2D eigenvalue weighted by Crippen LogP contribution is -2.22. The van der Waals surface area contributed by atoms with Crippen molar-refractivity contribution in [1.29, 1.82) is 0 Å². The molecular weight excluding hydrogens is 372 g/mol. The Morgan fingerprint density at radius 3 is 2.82 bits per heavy atom. The number of aromatic nitrogens is 3. The highest BCUT2D eigenvalue weighted by atomic mass is 35.5. The summed E-state index contributed by atoms with van der Waals surface area (Å²) in [5, 5.41) is 6.84. The van der Waals surface area contributed by atoms with Crippen molar-refractivity contribution in [3.05, 3.63) is 83.4 Å². The lowest BCUT2D eigenvalue weighted by Gasteiger charge is -2.15. The monoisotopic (exact) mass is 388 g/mol. The van der Waals surface area contributed by atoms with Crippen molar-refractivity contribution < 1.29 is 0 Å². The number of rotatable bonds is 4. The third-order valence-electron chi connectivity index (χ3n) is 4.71. The molecule has 0 radical (unpaired) electrons. The number of benzene rings is 2. The van der Waals surface area contributed by atoms with Gasteiger partial charge in [0.1, 0.15) is 17.3 Å². The van der Waals surface area contributed by atoms with Crippen LogP contribution in [-0.4, -0.2) is 20.0 Å². The quantitative estimate of drug-likeness (QED) is 0.491. The van der Waals surface area contributed by atoms with Gasteiger partial charge in [0.05, 0.1) is 17.4 Å². The minimum Gasteiger partial charge on any atom is -0.340 e. The first-order valence-corrected chi connectivity index (χ1v) is 9.34. The second-order valence-electron chi connectivity index (χ2n) is 6.70. The molecule has 0 aliphatic carbocycles. The summed E-state index contributed by atoms with van der Waals surface area (Å²) in [6.45, 7) is 1.68. The SMILES string of the molecule is Clc1cc2c(Nc3ccc4c(c3)CN(Cc3ccccc3)N4)ncnc2cn1. The highest BCUT2D eigenvalue weighted by Gasteiger charge is 2.19. The Morgan fingerprint density at radius 1 is 1.04 bits per heavy atom. The van der Waals surface area contributed by atoms with Crippen LogP contribution in [0.15, 0.2) is 67.1 Å². The highest BCUT2D eigenvalue weighted by molar-refractivity contribution is 6.30. The first-order valence-electron chi connectivity index (χ1n) is 8.96. The molecule has 1 aliphatic rings. The number of anilines is 3. The Bertz CT molecular complexity index is 1150. The number of pyridine rings is 1. The van der Waals surface area contributed by atoms with Crippen molar-refractivity contribution in [3.8, 4) is 0 Å². The fourth-order valence-corrected chi connectivity index (χ4v) is 3.55. The number of hydrazine groups is 1. The first-order chi connectivity index (χ1) is 13.7. The maximum atomic E-state index is 6.04. The molecule has 4 aromatic rings. The predicted octanol–water partition coefficient (Wildman–Crippen LogP) is 4.76. The summed E-state index contributed by atoms with van der Waals surface area (Å²) in [6.07, 6.45) is 3.18. The Kier molecular flexibility index (Phi) is 4.27. The number of nitrogens with zero attached hydrogens (tertiary/aromatic N) is 4. The van der Waals surface area contributed by atoms with Gasteiger partial charge in [0.2, 0.25) is 0 Å². The van der Waals surface area contributed by atoms with E-state index in [0.717, 1.165) is 35.4 Å². The van der Waals surface area contributed by atoms with Crippen molar-refractivity contribution in [2.75, 3.05) is 10.7 Å². The Labute approximate surface area is 167 Å². The van der Waals surface area contributed by atoms with Gasteiger partial charge in [-0.15, -0.1) is 0 Å². The molecule has 2 N–H and O–H groups in total. The van der Waals surface area contributed by atoms with Gasteiger partial charge in [-0.3, -0.25) is 0 Å². The van der Waals surface area contributed by atoms with Gasteiger partial charge in [-0.2, -0.15) is 0 Å². The molecule has 2 aromatic heterocycles. The third kappa shape index (κ3) is 3.35. The number of hydrogen-bond donors (Lipinski definition) is 2. The minimum atomic E-state index is 0.417. The number of fused-ring (bicyclic) bond motifs is 2. The average molecular weight is 389 g/mol. The molecule has 5 rings (SSSR count). The van der Waals surface area contributed by atoms with Crippen LogP contribution in [0.1, 0.15) is 11.1 Å². The molecule has 2 aromatic carbocycles. The van der Waals surface area contributed by atoms with Crippen molar-refractivity contribution in [1.82, 2.24) is 20.0 Å². The van der Waals surface area contributed by atoms with Crippen LogP contribution < -0.4 is 10.7 Å². The standard InChI is InChI=1S/C21H17ClN6/c22-20-9-17-19(10-23-20)24-13-25-21(17)26-16-6-7-18-15(8-16)12-28(27-18)11-14-4-2-1-3-5-14/h1-10,13,27H,11-12H2,(H,24,25,26). The lowest BCUT2D eigenvalue weighted by molar-refractivity contribution is 0.335. The predicted molar refractivity (Wildman–Crippen MR) is 111 cm³/mol.